The molecule has 2 aliphatic rings. The zero-order valence-corrected chi connectivity index (χ0v) is 7.44. The lowest BCUT2D eigenvalue weighted by molar-refractivity contribution is -0.150. The number of aliphatic hydroxyl groups excluding tert-OH is 1. The van der Waals surface area contributed by atoms with Gasteiger partial charge in [0, 0.05) is 0 Å². The number of epoxide rings is 1. The second-order valence-corrected chi connectivity index (χ2v) is 3.61. The molecule has 1 saturated carbocycles. The van der Waals surface area contributed by atoms with Crippen LogP contribution in [0.4, 0.5) is 0 Å². The predicted octanol–water partition coefficient (Wildman–Crippen LogP) is 0.0894. The lowest BCUT2D eigenvalue weighted by atomic mass is 9.89. The van der Waals surface area contributed by atoms with Crippen LogP contribution in [0.3, 0.4) is 0 Å². The van der Waals surface area contributed by atoms with Crippen LogP contribution >= 0.6 is 0 Å². The first-order valence-electron chi connectivity index (χ1n) is 4.74. The average Bonchev–Trinajstić information content (AvgIpc) is 2.91. The Bertz CT molecular complexity index is 204. The highest BCUT2D eigenvalue weighted by Gasteiger charge is 2.46. The van der Waals surface area contributed by atoms with Gasteiger partial charge in [0.25, 0.3) is 0 Å². The van der Waals surface area contributed by atoms with Gasteiger partial charge in [0.1, 0.15) is 6.61 Å². The van der Waals surface area contributed by atoms with Crippen LogP contribution in [0.25, 0.3) is 0 Å². The molecule has 4 heteroatoms. The van der Waals surface area contributed by atoms with Crippen LogP contribution in [-0.4, -0.2) is 36.5 Å². The van der Waals surface area contributed by atoms with Crippen molar-refractivity contribution in [2.24, 2.45) is 5.92 Å². The van der Waals surface area contributed by atoms with Crippen LogP contribution in [0.2, 0.25) is 0 Å². The van der Waals surface area contributed by atoms with E-state index in [0.717, 1.165) is 19.3 Å². The van der Waals surface area contributed by atoms with Gasteiger partial charge in [-0.2, -0.15) is 0 Å². The molecule has 1 N–H and O–H groups in total. The molecule has 0 aromatic heterocycles. The van der Waals surface area contributed by atoms with E-state index < -0.39 is 0 Å². The summed E-state index contributed by atoms with van der Waals surface area (Å²) in [4.78, 5) is 11.3. The van der Waals surface area contributed by atoms with Gasteiger partial charge in [0.2, 0.25) is 0 Å². The predicted molar refractivity (Wildman–Crippen MR) is 44.0 cm³/mol. The van der Waals surface area contributed by atoms with Gasteiger partial charge < -0.3 is 14.6 Å². The van der Waals surface area contributed by atoms with E-state index in [0.29, 0.717) is 12.2 Å². The number of esters is 1. The van der Waals surface area contributed by atoms with Crippen molar-refractivity contribution in [1.82, 2.24) is 0 Å². The number of fused-ring (bicyclic) bond motifs is 1. The third-order valence-corrected chi connectivity index (χ3v) is 2.67. The Morgan fingerprint density at radius 3 is 3.00 bits per heavy atom. The summed E-state index contributed by atoms with van der Waals surface area (Å²) in [6, 6.07) is 0. The highest BCUT2D eigenvalue weighted by molar-refractivity contribution is 5.72. The van der Waals surface area contributed by atoms with Crippen molar-refractivity contribution in [3.05, 3.63) is 0 Å². The molecule has 2 fully saturated rings. The van der Waals surface area contributed by atoms with Crippen molar-refractivity contribution in [1.29, 1.82) is 0 Å². The number of hydrogen-bond acceptors (Lipinski definition) is 4. The third kappa shape index (κ3) is 2.00. The van der Waals surface area contributed by atoms with Gasteiger partial charge in [0.15, 0.2) is 0 Å². The second-order valence-electron chi connectivity index (χ2n) is 3.61. The quantitative estimate of drug-likeness (QED) is 0.501. The van der Waals surface area contributed by atoms with Crippen LogP contribution in [0.15, 0.2) is 0 Å². The molecule has 0 spiro atoms. The molecule has 13 heavy (non-hydrogen) atoms. The molecule has 2 rings (SSSR count). The Labute approximate surface area is 76.8 Å². The van der Waals surface area contributed by atoms with E-state index in [-0.39, 0.29) is 25.1 Å². The first-order chi connectivity index (χ1) is 6.31. The summed E-state index contributed by atoms with van der Waals surface area (Å²) in [5, 5.41) is 8.47. The summed E-state index contributed by atoms with van der Waals surface area (Å²) >= 11 is 0. The molecule has 0 bridgehead atoms. The molecule has 3 atom stereocenters. The van der Waals surface area contributed by atoms with Gasteiger partial charge in [-0.25, -0.2) is 0 Å². The summed E-state index contributed by atoms with van der Waals surface area (Å²) < 4.78 is 10.2. The fourth-order valence-electron chi connectivity index (χ4n) is 1.88. The van der Waals surface area contributed by atoms with Crippen LogP contribution < -0.4 is 0 Å². The SMILES string of the molecule is O=C(OCCO)[C@@H]1CC[C@@H]2O[C@H]2C1. The highest BCUT2D eigenvalue weighted by atomic mass is 16.6. The summed E-state index contributed by atoms with van der Waals surface area (Å²) in [6.45, 7) is 0.0191. The molecule has 0 aromatic carbocycles. The molecule has 1 saturated heterocycles. The molecule has 74 valence electrons. The number of carbonyl (C=O) groups excluding carboxylic acids is 1. The first kappa shape index (κ1) is 8.97. The standard InChI is InChI=1S/C9H14O4/c10-3-4-12-9(11)6-1-2-7-8(5-6)13-7/h6-8,10H,1-5H2/t6-,7+,8+/m1/s1. The normalized spacial score (nSPS) is 36.5. The van der Waals surface area contributed by atoms with Crippen LogP contribution in [-0.2, 0) is 14.3 Å². The minimum absolute atomic E-state index is 0.00435. The van der Waals surface area contributed by atoms with E-state index in [1.165, 1.54) is 0 Å². The zero-order chi connectivity index (χ0) is 9.26. The fraction of sp³-hybridized carbons (Fsp3) is 0.889. The summed E-state index contributed by atoms with van der Waals surface area (Å²) in [5.74, 6) is -0.182. The lowest BCUT2D eigenvalue weighted by Crippen LogP contribution is -2.24. The summed E-state index contributed by atoms with van der Waals surface area (Å²) in [5.41, 5.74) is 0. The lowest BCUT2D eigenvalue weighted by Gasteiger charge is -2.16. The minimum Gasteiger partial charge on any atom is -0.463 e. The fourth-order valence-corrected chi connectivity index (χ4v) is 1.88. The Kier molecular flexibility index (Phi) is 2.51. The topological polar surface area (TPSA) is 59.1 Å². The van der Waals surface area contributed by atoms with E-state index >= 15 is 0 Å². The zero-order valence-electron chi connectivity index (χ0n) is 7.44. The van der Waals surface area contributed by atoms with E-state index in [1.807, 2.05) is 0 Å². The van der Waals surface area contributed by atoms with Crippen LogP contribution in [0.1, 0.15) is 19.3 Å². The Balaban J connectivity index is 1.75. The number of aliphatic hydroxyl groups is 1. The van der Waals surface area contributed by atoms with Crippen molar-refractivity contribution < 1.29 is 19.4 Å². The molecule has 0 radical (unpaired) electrons. The third-order valence-electron chi connectivity index (χ3n) is 2.67. The highest BCUT2D eigenvalue weighted by Crippen LogP contribution is 2.39. The number of ether oxygens (including phenoxy) is 2. The maximum Gasteiger partial charge on any atom is 0.309 e. The molecule has 0 unspecified atom stereocenters. The molecule has 4 nitrogen and oxygen atoms in total. The molecule has 1 aliphatic carbocycles. The first-order valence-corrected chi connectivity index (χ1v) is 4.74. The number of rotatable bonds is 3. The van der Waals surface area contributed by atoms with E-state index in [9.17, 15) is 4.79 Å². The van der Waals surface area contributed by atoms with Gasteiger partial charge in [0.05, 0.1) is 24.7 Å². The van der Waals surface area contributed by atoms with Crippen molar-refractivity contribution in [3.63, 3.8) is 0 Å². The smallest absolute Gasteiger partial charge is 0.309 e. The Morgan fingerprint density at radius 1 is 1.46 bits per heavy atom. The second kappa shape index (κ2) is 3.64. The van der Waals surface area contributed by atoms with Gasteiger partial charge in [-0.3, -0.25) is 4.79 Å². The van der Waals surface area contributed by atoms with Gasteiger partial charge >= 0.3 is 5.97 Å². The molecule has 1 aliphatic heterocycles. The number of hydrogen-bond donors (Lipinski definition) is 1. The van der Waals surface area contributed by atoms with Crippen molar-refractivity contribution in [3.8, 4) is 0 Å². The van der Waals surface area contributed by atoms with Gasteiger partial charge in [-0.05, 0) is 19.3 Å². The molecule has 0 aromatic rings. The molecular weight excluding hydrogens is 172 g/mol. The maximum atomic E-state index is 11.3. The van der Waals surface area contributed by atoms with Crippen LogP contribution in [0.5, 0.6) is 0 Å². The summed E-state index contributed by atoms with van der Waals surface area (Å²) in [7, 11) is 0. The van der Waals surface area contributed by atoms with Gasteiger partial charge in [-0.15, -0.1) is 0 Å². The maximum absolute atomic E-state index is 11.3. The number of carbonyl (C=O) groups is 1. The Hall–Kier alpha value is -0.610. The summed E-state index contributed by atoms with van der Waals surface area (Å²) in [6.07, 6.45) is 3.37. The Morgan fingerprint density at radius 2 is 2.31 bits per heavy atom. The van der Waals surface area contributed by atoms with Crippen molar-refractivity contribution >= 4 is 5.97 Å². The van der Waals surface area contributed by atoms with Crippen LogP contribution in [0, 0.1) is 5.92 Å². The van der Waals surface area contributed by atoms with Gasteiger partial charge in [-0.1, -0.05) is 0 Å². The monoisotopic (exact) mass is 186 g/mol. The van der Waals surface area contributed by atoms with E-state index in [4.69, 9.17) is 14.6 Å². The van der Waals surface area contributed by atoms with E-state index in [2.05, 4.69) is 0 Å². The largest absolute Gasteiger partial charge is 0.463 e. The molecule has 0 amide bonds. The van der Waals surface area contributed by atoms with E-state index in [1.54, 1.807) is 0 Å². The molecular formula is C9H14O4. The average molecular weight is 186 g/mol. The minimum atomic E-state index is -0.178. The van der Waals surface area contributed by atoms with Crippen molar-refractivity contribution in [2.75, 3.05) is 13.2 Å². The van der Waals surface area contributed by atoms with Crippen molar-refractivity contribution in [2.45, 2.75) is 31.5 Å². The molecule has 1 heterocycles.